The summed E-state index contributed by atoms with van der Waals surface area (Å²) in [5.41, 5.74) is 4.11. The number of nitrogens with one attached hydrogen (secondary N) is 1. The van der Waals surface area contributed by atoms with Crippen molar-refractivity contribution in [1.29, 1.82) is 0 Å². The van der Waals surface area contributed by atoms with E-state index in [4.69, 9.17) is 0 Å². The molecule has 33 heavy (non-hydrogen) atoms. The number of benzene rings is 4. The molecule has 0 aliphatic heterocycles. The Morgan fingerprint density at radius 1 is 0.667 bits per heavy atom. The van der Waals surface area contributed by atoms with E-state index < -0.39 is 17.4 Å². The molecule has 0 radical (unpaired) electrons. The van der Waals surface area contributed by atoms with Crippen molar-refractivity contribution in [3.05, 3.63) is 144 Å². The molecule has 3 heteroatoms. The van der Waals surface area contributed by atoms with Crippen LogP contribution in [0.3, 0.4) is 0 Å². The van der Waals surface area contributed by atoms with Gasteiger partial charge in [0, 0.05) is 12.0 Å². The fourth-order valence-electron chi connectivity index (χ4n) is 4.61. The Labute approximate surface area is 195 Å². The molecular weight excluding hydrogens is 406 g/mol. The first kappa shape index (κ1) is 22.5. The highest BCUT2D eigenvalue weighted by atomic mass is 16.4. The van der Waals surface area contributed by atoms with Gasteiger partial charge in [-0.3, -0.25) is 4.79 Å². The summed E-state index contributed by atoms with van der Waals surface area (Å²) in [6.45, 7) is 0.521. The number of carbonyl (C=O) groups is 1. The lowest BCUT2D eigenvalue weighted by Gasteiger charge is -2.37. The summed E-state index contributed by atoms with van der Waals surface area (Å²) in [5, 5.41) is 13.3. The van der Waals surface area contributed by atoms with Gasteiger partial charge in [-0.1, -0.05) is 121 Å². The molecule has 1 atom stereocenters. The van der Waals surface area contributed by atoms with Gasteiger partial charge < -0.3 is 10.4 Å². The van der Waals surface area contributed by atoms with Gasteiger partial charge in [0.15, 0.2) is 0 Å². The van der Waals surface area contributed by atoms with Crippen molar-refractivity contribution in [2.75, 3.05) is 0 Å². The molecule has 0 aromatic heterocycles. The van der Waals surface area contributed by atoms with E-state index in [9.17, 15) is 9.90 Å². The van der Waals surface area contributed by atoms with Crippen LogP contribution in [0.2, 0.25) is 0 Å². The van der Waals surface area contributed by atoms with Crippen molar-refractivity contribution in [3.63, 3.8) is 0 Å². The molecule has 0 bridgehead atoms. The Bertz CT molecular complexity index is 1030. The first-order valence-electron chi connectivity index (χ1n) is 11.4. The van der Waals surface area contributed by atoms with E-state index >= 15 is 0 Å². The normalized spacial score (nSPS) is 12.2. The molecule has 0 amide bonds. The van der Waals surface area contributed by atoms with Crippen molar-refractivity contribution >= 4 is 5.97 Å². The van der Waals surface area contributed by atoms with Crippen LogP contribution in [0.4, 0.5) is 0 Å². The maximum absolute atomic E-state index is 12.2. The van der Waals surface area contributed by atoms with Gasteiger partial charge >= 0.3 is 5.97 Å². The van der Waals surface area contributed by atoms with Crippen molar-refractivity contribution in [1.82, 2.24) is 5.32 Å². The predicted octanol–water partition coefficient (Wildman–Crippen LogP) is 6.04. The van der Waals surface area contributed by atoms with Crippen molar-refractivity contribution in [2.24, 2.45) is 0 Å². The van der Waals surface area contributed by atoms with E-state index in [-0.39, 0.29) is 0 Å². The van der Waals surface area contributed by atoms with Crippen molar-refractivity contribution in [2.45, 2.75) is 30.8 Å². The molecule has 0 aliphatic carbocycles. The number of hydrogen-bond acceptors (Lipinski definition) is 2. The predicted molar refractivity (Wildman–Crippen MR) is 133 cm³/mol. The summed E-state index contributed by atoms with van der Waals surface area (Å²) in [4.78, 5) is 12.2. The summed E-state index contributed by atoms with van der Waals surface area (Å²) in [7, 11) is 0. The van der Waals surface area contributed by atoms with E-state index in [1.54, 1.807) is 0 Å². The average molecular weight is 436 g/mol. The second-order valence-electron chi connectivity index (χ2n) is 8.30. The van der Waals surface area contributed by atoms with E-state index in [2.05, 4.69) is 78.1 Å². The van der Waals surface area contributed by atoms with Crippen LogP contribution in [0, 0.1) is 0 Å². The highest BCUT2D eigenvalue weighted by molar-refractivity contribution is 5.73. The van der Waals surface area contributed by atoms with Crippen LogP contribution in [0.25, 0.3) is 0 Å². The molecular formula is C30H29NO2. The molecule has 0 saturated heterocycles. The minimum atomic E-state index is -0.825. The number of rotatable bonds is 10. The van der Waals surface area contributed by atoms with E-state index in [0.29, 0.717) is 19.4 Å². The molecule has 4 aromatic rings. The highest BCUT2D eigenvalue weighted by Gasteiger charge is 2.37. The van der Waals surface area contributed by atoms with Gasteiger partial charge in [-0.05, 0) is 35.1 Å². The molecule has 0 fully saturated rings. The second-order valence-corrected chi connectivity index (χ2v) is 8.30. The SMILES string of the molecule is O=C(O)C(CCC(c1ccccc1)(c1ccccc1)c1ccccc1)NCc1ccccc1. The van der Waals surface area contributed by atoms with Gasteiger partial charge in [0.25, 0.3) is 0 Å². The van der Waals surface area contributed by atoms with E-state index in [1.807, 2.05) is 48.5 Å². The Balaban J connectivity index is 1.71. The zero-order chi connectivity index (χ0) is 22.9. The monoisotopic (exact) mass is 435 g/mol. The second kappa shape index (κ2) is 10.8. The standard InChI is InChI=1S/C30H29NO2/c32-29(33)28(31-23-24-13-5-1-6-14-24)21-22-30(25-15-7-2-8-16-25,26-17-9-3-10-18-26)27-19-11-4-12-20-27/h1-20,28,31H,21-23H2,(H,32,33). The van der Waals surface area contributed by atoms with Crippen LogP contribution in [-0.2, 0) is 16.8 Å². The van der Waals surface area contributed by atoms with Gasteiger partial charge in [0.05, 0.1) is 0 Å². The number of carboxylic acid groups (broad SMARTS) is 1. The van der Waals surface area contributed by atoms with Crippen LogP contribution in [0.5, 0.6) is 0 Å². The number of aliphatic carboxylic acids is 1. The van der Waals surface area contributed by atoms with Crippen LogP contribution in [0.1, 0.15) is 35.1 Å². The van der Waals surface area contributed by atoms with Crippen LogP contribution in [0.15, 0.2) is 121 Å². The first-order valence-corrected chi connectivity index (χ1v) is 11.4. The molecule has 3 nitrogen and oxygen atoms in total. The molecule has 2 N–H and O–H groups in total. The smallest absolute Gasteiger partial charge is 0.320 e. The zero-order valence-electron chi connectivity index (χ0n) is 18.6. The van der Waals surface area contributed by atoms with E-state index in [0.717, 1.165) is 22.3 Å². The lowest BCUT2D eigenvalue weighted by molar-refractivity contribution is -0.139. The Hall–Kier alpha value is -3.69. The molecule has 0 aliphatic rings. The summed E-state index contributed by atoms with van der Waals surface area (Å²) in [6.07, 6.45) is 1.14. The fourth-order valence-corrected chi connectivity index (χ4v) is 4.61. The highest BCUT2D eigenvalue weighted by Crippen LogP contribution is 2.43. The van der Waals surface area contributed by atoms with Crippen LogP contribution < -0.4 is 5.32 Å². The molecule has 166 valence electrons. The lowest BCUT2D eigenvalue weighted by Crippen LogP contribution is -2.39. The Morgan fingerprint density at radius 2 is 1.06 bits per heavy atom. The fraction of sp³-hybridized carbons (Fsp3) is 0.167. The van der Waals surface area contributed by atoms with Gasteiger partial charge in [-0.15, -0.1) is 0 Å². The van der Waals surface area contributed by atoms with E-state index in [1.165, 1.54) is 0 Å². The quantitative estimate of drug-likeness (QED) is 0.298. The largest absolute Gasteiger partial charge is 0.480 e. The summed E-state index contributed by atoms with van der Waals surface area (Å²) in [6, 6.07) is 40.5. The minimum absolute atomic E-state index is 0.452. The van der Waals surface area contributed by atoms with Crippen molar-refractivity contribution in [3.8, 4) is 0 Å². The summed E-state index contributed by atoms with van der Waals surface area (Å²) < 4.78 is 0. The average Bonchev–Trinajstić information content (AvgIpc) is 2.88. The molecule has 1 unspecified atom stereocenters. The lowest BCUT2D eigenvalue weighted by atomic mass is 9.66. The van der Waals surface area contributed by atoms with Gasteiger partial charge in [-0.25, -0.2) is 0 Å². The molecule has 0 heterocycles. The van der Waals surface area contributed by atoms with Crippen molar-refractivity contribution < 1.29 is 9.90 Å². The third-order valence-corrected chi connectivity index (χ3v) is 6.30. The molecule has 0 saturated carbocycles. The minimum Gasteiger partial charge on any atom is -0.480 e. The molecule has 0 spiro atoms. The number of carboxylic acids is 1. The van der Waals surface area contributed by atoms with Crippen LogP contribution >= 0.6 is 0 Å². The third-order valence-electron chi connectivity index (χ3n) is 6.30. The summed E-state index contributed by atoms with van der Waals surface area (Å²) >= 11 is 0. The maximum atomic E-state index is 12.2. The summed E-state index contributed by atoms with van der Waals surface area (Å²) in [5.74, 6) is -0.825. The van der Waals surface area contributed by atoms with Gasteiger partial charge in [0.2, 0.25) is 0 Å². The van der Waals surface area contributed by atoms with Crippen LogP contribution in [-0.4, -0.2) is 17.1 Å². The maximum Gasteiger partial charge on any atom is 0.320 e. The topological polar surface area (TPSA) is 49.3 Å². The third kappa shape index (κ3) is 5.21. The van der Waals surface area contributed by atoms with Gasteiger partial charge in [0.1, 0.15) is 6.04 Å². The van der Waals surface area contributed by atoms with Gasteiger partial charge in [-0.2, -0.15) is 0 Å². The number of hydrogen-bond donors (Lipinski definition) is 2. The first-order chi connectivity index (χ1) is 16.2. The zero-order valence-corrected chi connectivity index (χ0v) is 18.6. The Morgan fingerprint density at radius 3 is 1.45 bits per heavy atom. The molecule has 4 aromatic carbocycles. The molecule has 4 rings (SSSR count). The Kier molecular flexibility index (Phi) is 7.33.